The van der Waals surface area contributed by atoms with Gasteiger partial charge in [-0.15, -0.1) is 0 Å². The van der Waals surface area contributed by atoms with Crippen LogP contribution in [0.15, 0.2) is 11.6 Å². The highest BCUT2D eigenvalue weighted by molar-refractivity contribution is 5.31. The van der Waals surface area contributed by atoms with Crippen molar-refractivity contribution in [2.45, 2.75) is 126 Å². The lowest BCUT2D eigenvalue weighted by Crippen LogP contribution is -2.65. The Morgan fingerprint density at radius 2 is 1.35 bits per heavy atom. The maximum absolute atomic E-state index is 10.9. The zero-order valence-electron chi connectivity index (χ0n) is 21.9. The second-order valence-electron chi connectivity index (χ2n) is 15.1. The molecule has 4 fully saturated rings. The van der Waals surface area contributed by atoms with Crippen molar-refractivity contribution in [2.24, 2.45) is 50.2 Å². The van der Waals surface area contributed by atoms with E-state index in [0.29, 0.717) is 33.0 Å². The Bertz CT molecular complexity index is 790. The van der Waals surface area contributed by atoms with Crippen molar-refractivity contribution in [1.82, 2.24) is 0 Å². The standard InChI is InChI=1S/C30H50O/c1-25(2)15-16-27(5)17-18-29(7)20(21(27)19-25)9-10-23-28(6)13-12-24(31)26(3,4)22(28)11-14-30(23,29)8/h19-20,22-24,31H,9-18H2,1-8H3/t20?,22?,23?,24-,27+,28-,29+,30+/m0/s1. The highest BCUT2D eigenvalue weighted by Gasteiger charge is 2.68. The summed E-state index contributed by atoms with van der Waals surface area (Å²) in [5.41, 5.74) is 4.02. The summed E-state index contributed by atoms with van der Waals surface area (Å²) in [6.07, 6.45) is 15.9. The fraction of sp³-hybridized carbons (Fsp3) is 0.933. The van der Waals surface area contributed by atoms with Crippen molar-refractivity contribution in [2.75, 3.05) is 0 Å². The van der Waals surface area contributed by atoms with E-state index in [1.807, 2.05) is 5.57 Å². The molecule has 0 heterocycles. The van der Waals surface area contributed by atoms with E-state index in [9.17, 15) is 5.11 Å². The van der Waals surface area contributed by atoms with E-state index in [1.54, 1.807) is 0 Å². The molecule has 8 atom stereocenters. The lowest BCUT2D eigenvalue weighted by atomic mass is 9.32. The third-order valence-corrected chi connectivity index (χ3v) is 13.0. The number of rotatable bonds is 0. The first-order chi connectivity index (χ1) is 14.2. The Morgan fingerprint density at radius 3 is 2.06 bits per heavy atom. The van der Waals surface area contributed by atoms with Gasteiger partial charge in [-0.05, 0) is 114 Å². The van der Waals surface area contributed by atoms with Crippen LogP contribution in [0.3, 0.4) is 0 Å². The summed E-state index contributed by atoms with van der Waals surface area (Å²) in [4.78, 5) is 0. The van der Waals surface area contributed by atoms with Crippen LogP contribution in [0, 0.1) is 50.2 Å². The molecule has 1 heteroatoms. The van der Waals surface area contributed by atoms with Gasteiger partial charge in [0, 0.05) is 0 Å². The molecule has 0 saturated heterocycles. The van der Waals surface area contributed by atoms with E-state index in [1.165, 1.54) is 57.8 Å². The van der Waals surface area contributed by atoms with Gasteiger partial charge in [0.25, 0.3) is 0 Å². The molecule has 3 unspecified atom stereocenters. The van der Waals surface area contributed by atoms with Gasteiger partial charge >= 0.3 is 0 Å². The number of allylic oxidation sites excluding steroid dienone is 2. The molecule has 0 amide bonds. The summed E-state index contributed by atoms with van der Waals surface area (Å²) in [6, 6.07) is 0. The summed E-state index contributed by atoms with van der Waals surface area (Å²) < 4.78 is 0. The summed E-state index contributed by atoms with van der Waals surface area (Å²) in [6.45, 7) is 20.4. The first-order valence-corrected chi connectivity index (χ1v) is 13.6. The highest BCUT2D eigenvalue weighted by atomic mass is 16.3. The van der Waals surface area contributed by atoms with Crippen LogP contribution in [0.4, 0.5) is 0 Å². The minimum Gasteiger partial charge on any atom is -0.393 e. The smallest absolute Gasteiger partial charge is 0.0594 e. The summed E-state index contributed by atoms with van der Waals surface area (Å²) in [5, 5.41) is 10.9. The van der Waals surface area contributed by atoms with Crippen molar-refractivity contribution < 1.29 is 5.11 Å². The third-order valence-electron chi connectivity index (χ3n) is 13.0. The number of fused-ring (bicyclic) bond motifs is 7. The molecular formula is C30H50O. The normalized spacial score (nSPS) is 55.2. The molecule has 0 aliphatic heterocycles. The lowest BCUT2D eigenvalue weighted by molar-refractivity contribution is -0.228. The van der Waals surface area contributed by atoms with Gasteiger partial charge in [-0.1, -0.05) is 67.0 Å². The monoisotopic (exact) mass is 426 g/mol. The van der Waals surface area contributed by atoms with Crippen molar-refractivity contribution in [3.05, 3.63) is 11.6 Å². The number of hydrogen-bond donors (Lipinski definition) is 1. The Labute approximate surface area is 192 Å². The molecular weight excluding hydrogens is 376 g/mol. The summed E-state index contributed by atoms with van der Waals surface area (Å²) in [7, 11) is 0. The van der Waals surface area contributed by atoms with Crippen molar-refractivity contribution in [1.29, 1.82) is 0 Å². The van der Waals surface area contributed by atoms with E-state index in [4.69, 9.17) is 0 Å². The largest absolute Gasteiger partial charge is 0.393 e. The molecule has 0 aromatic heterocycles. The van der Waals surface area contributed by atoms with E-state index in [0.717, 1.165) is 18.3 Å². The zero-order valence-corrected chi connectivity index (χ0v) is 21.9. The maximum atomic E-state index is 10.9. The van der Waals surface area contributed by atoms with E-state index < -0.39 is 0 Å². The maximum Gasteiger partial charge on any atom is 0.0594 e. The topological polar surface area (TPSA) is 20.2 Å². The van der Waals surface area contributed by atoms with E-state index in [-0.39, 0.29) is 11.5 Å². The molecule has 1 nitrogen and oxygen atoms in total. The zero-order chi connectivity index (χ0) is 22.7. The molecule has 1 N–H and O–H groups in total. The minimum absolute atomic E-state index is 0.0626. The van der Waals surface area contributed by atoms with Gasteiger partial charge in [0.1, 0.15) is 0 Å². The van der Waals surface area contributed by atoms with Gasteiger partial charge in [-0.3, -0.25) is 0 Å². The van der Waals surface area contributed by atoms with Crippen LogP contribution in [0.5, 0.6) is 0 Å². The molecule has 0 aromatic rings. The second kappa shape index (κ2) is 6.43. The number of hydrogen-bond acceptors (Lipinski definition) is 1. The predicted octanol–water partition coefficient (Wildman–Crippen LogP) is 8.17. The van der Waals surface area contributed by atoms with Gasteiger partial charge in [0.15, 0.2) is 0 Å². The Balaban J connectivity index is 1.56. The number of aliphatic hydroxyl groups is 1. The Hall–Kier alpha value is -0.300. The van der Waals surface area contributed by atoms with Gasteiger partial charge < -0.3 is 5.11 Å². The molecule has 0 radical (unpaired) electrons. The average molecular weight is 427 g/mol. The molecule has 176 valence electrons. The second-order valence-corrected chi connectivity index (χ2v) is 15.1. The van der Waals surface area contributed by atoms with Crippen LogP contribution < -0.4 is 0 Å². The van der Waals surface area contributed by atoms with Gasteiger partial charge in [-0.25, -0.2) is 0 Å². The van der Waals surface area contributed by atoms with Crippen LogP contribution in [0.2, 0.25) is 0 Å². The number of aliphatic hydroxyl groups excluding tert-OH is 1. The van der Waals surface area contributed by atoms with Crippen molar-refractivity contribution >= 4 is 0 Å². The molecule has 31 heavy (non-hydrogen) atoms. The van der Waals surface area contributed by atoms with E-state index >= 15 is 0 Å². The first-order valence-electron chi connectivity index (χ1n) is 13.6. The Morgan fingerprint density at radius 1 is 0.677 bits per heavy atom. The summed E-state index contributed by atoms with van der Waals surface area (Å²) in [5.74, 6) is 2.27. The lowest BCUT2D eigenvalue weighted by Gasteiger charge is -2.72. The van der Waals surface area contributed by atoms with Gasteiger partial charge in [0.05, 0.1) is 6.10 Å². The minimum atomic E-state index is -0.119. The average Bonchev–Trinajstić information content (AvgIpc) is 2.67. The van der Waals surface area contributed by atoms with Crippen LogP contribution in [-0.4, -0.2) is 11.2 Å². The van der Waals surface area contributed by atoms with Crippen LogP contribution in [-0.2, 0) is 0 Å². The van der Waals surface area contributed by atoms with Crippen molar-refractivity contribution in [3.63, 3.8) is 0 Å². The highest BCUT2D eigenvalue weighted by Crippen LogP contribution is 2.76. The summed E-state index contributed by atoms with van der Waals surface area (Å²) >= 11 is 0. The molecule has 5 rings (SSSR count). The molecule has 0 spiro atoms. The van der Waals surface area contributed by atoms with Crippen LogP contribution >= 0.6 is 0 Å². The quantitative estimate of drug-likeness (QED) is 0.387. The molecule has 5 aliphatic carbocycles. The van der Waals surface area contributed by atoms with Crippen LogP contribution in [0.25, 0.3) is 0 Å². The molecule has 4 saturated carbocycles. The third kappa shape index (κ3) is 2.77. The van der Waals surface area contributed by atoms with Gasteiger partial charge in [0.2, 0.25) is 0 Å². The van der Waals surface area contributed by atoms with Crippen molar-refractivity contribution in [3.8, 4) is 0 Å². The predicted molar refractivity (Wildman–Crippen MR) is 131 cm³/mol. The SMILES string of the molecule is CC1(C)C=C2C3CCC4[C@@]5(C)CC[C@H](O)C(C)(C)C5CC[C@@]4(C)[C@]3(C)CC[C@@]2(C)CC1. The fourth-order valence-corrected chi connectivity index (χ4v) is 10.6. The molecule has 0 bridgehead atoms. The fourth-order valence-electron chi connectivity index (χ4n) is 10.6. The molecule has 5 aliphatic rings. The van der Waals surface area contributed by atoms with E-state index in [2.05, 4.69) is 61.5 Å². The molecule has 0 aromatic carbocycles. The van der Waals surface area contributed by atoms with Gasteiger partial charge in [-0.2, -0.15) is 0 Å². The Kier molecular flexibility index (Phi) is 4.66. The first kappa shape index (κ1) is 22.5. The van der Waals surface area contributed by atoms with Crippen LogP contribution in [0.1, 0.15) is 120 Å².